The van der Waals surface area contributed by atoms with Gasteiger partial charge in [-0.05, 0) is 38.8 Å². The zero-order chi connectivity index (χ0) is 17.3. The summed E-state index contributed by atoms with van der Waals surface area (Å²) in [6.45, 7) is 5.34. The fourth-order valence-corrected chi connectivity index (χ4v) is 4.25. The Balaban J connectivity index is 1.59. The molecule has 0 unspecified atom stereocenters. The Morgan fingerprint density at radius 2 is 1.88 bits per heavy atom. The lowest BCUT2D eigenvalue weighted by Gasteiger charge is -2.32. The zero-order valence-electron chi connectivity index (χ0n) is 15.1. The van der Waals surface area contributed by atoms with Crippen LogP contribution in [0.25, 0.3) is 0 Å². The molecule has 1 aliphatic heterocycles. The summed E-state index contributed by atoms with van der Waals surface area (Å²) in [4.78, 5) is 29.1. The SMILES string of the molecule is CN(C[C@@H]1CC(=O)N(C2CCCC2)C1)C(=O)C(C)(C)n1cccc1. The van der Waals surface area contributed by atoms with Crippen molar-refractivity contribution in [3.8, 4) is 0 Å². The molecule has 5 heteroatoms. The number of likely N-dealkylation sites (N-methyl/N-ethyl adjacent to an activating group) is 1. The molecule has 1 atom stereocenters. The highest BCUT2D eigenvalue weighted by Crippen LogP contribution is 2.30. The van der Waals surface area contributed by atoms with E-state index in [-0.39, 0.29) is 17.7 Å². The van der Waals surface area contributed by atoms with E-state index in [1.54, 1.807) is 4.90 Å². The number of likely N-dealkylation sites (tertiary alicyclic amines) is 1. The molecule has 0 aromatic carbocycles. The van der Waals surface area contributed by atoms with Crippen LogP contribution in [0.5, 0.6) is 0 Å². The average Bonchev–Trinajstić information content (AvgIpc) is 3.27. The van der Waals surface area contributed by atoms with Crippen LogP contribution in [0.1, 0.15) is 46.0 Å². The third-order valence-electron chi connectivity index (χ3n) is 5.66. The lowest BCUT2D eigenvalue weighted by atomic mass is 10.0. The highest BCUT2D eigenvalue weighted by Gasteiger charge is 2.38. The van der Waals surface area contributed by atoms with Crippen molar-refractivity contribution in [2.45, 2.75) is 57.5 Å². The first-order valence-electron chi connectivity index (χ1n) is 9.08. The second-order valence-corrected chi connectivity index (χ2v) is 7.89. The van der Waals surface area contributed by atoms with Crippen LogP contribution in [-0.2, 0) is 15.1 Å². The molecule has 2 amide bonds. The Bertz CT molecular complexity index is 588. The first-order valence-corrected chi connectivity index (χ1v) is 9.08. The number of carbonyl (C=O) groups excluding carboxylic acids is 2. The molecule has 1 aliphatic carbocycles. The van der Waals surface area contributed by atoms with E-state index in [2.05, 4.69) is 4.90 Å². The number of hydrogen-bond donors (Lipinski definition) is 0. The largest absolute Gasteiger partial charge is 0.343 e. The Kier molecular flexibility index (Phi) is 4.70. The van der Waals surface area contributed by atoms with Crippen molar-refractivity contribution in [1.29, 1.82) is 0 Å². The van der Waals surface area contributed by atoms with Crippen molar-refractivity contribution in [3.63, 3.8) is 0 Å². The van der Waals surface area contributed by atoms with Crippen molar-refractivity contribution in [3.05, 3.63) is 24.5 Å². The van der Waals surface area contributed by atoms with Gasteiger partial charge in [-0.25, -0.2) is 0 Å². The van der Waals surface area contributed by atoms with E-state index in [9.17, 15) is 9.59 Å². The minimum Gasteiger partial charge on any atom is -0.343 e. The van der Waals surface area contributed by atoms with E-state index in [4.69, 9.17) is 0 Å². The molecule has 5 nitrogen and oxygen atoms in total. The molecule has 2 fully saturated rings. The zero-order valence-corrected chi connectivity index (χ0v) is 15.1. The van der Waals surface area contributed by atoms with Gasteiger partial charge in [0, 0.05) is 50.9 Å². The van der Waals surface area contributed by atoms with Crippen LogP contribution in [0.15, 0.2) is 24.5 Å². The number of aromatic nitrogens is 1. The molecule has 2 aliphatic rings. The number of rotatable bonds is 5. The van der Waals surface area contributed by atoms with Gasteiger partial charge < -0.3 is 14.4 Å². The number of hydrogen-bond acceptors (Lipinski definition) is 2. The summed E-state index contributed by atoms with van der Waals surface area (Å²) in [5, 5.41) is 0. The number of nitrogens with zero attached hydrogens (tertiary/aromatic N) is 3. The number of carbonyl (C=O) groups is 2. The van der Waals surface area contributed by atoms with Crippen molar-refractivity contribution in [2.75, 3.05) is 20.1 Å². The molecule has 1 aromatic heterocycles. The van der Waals surface area contributed by atoms with Crippen molar-refractivity contribution >= 4 is 11.8 Å². The Morgan fingerprint density at radius 3 is 2.50 bits per heavy atom. The molecular weight excluding hydrogens is 302 g/mol. The van der Waals surface area contributed by atoms with Gasteiger partial charge in [0.15, 0.2) is 0 Å². The monoisotopic (exact) mass is 331 g/mol. The maximum atomic E-state index is 12.9. The molecule has 0 spiro atoms. The molecular formula is C19H29N3O2. The first-order chi connectivity index (χ1) is 11.4. The smallest absolute Gasteiger partial charge is 0.247 e. The summed E-state index contributed by atoms with van der Waals surface area (Å²) in [6, 6.07) is 4.31. The molecule has 0 radical (unpaired) electrons. The van der Waals surface area contributed by atoms with Crippen molar-refractivity contribution in [2.24, 2.45) is 5.92 Å². The average molecular weight is 331 g/mol. The van der Waals surface area contributed by atoms with Gasteiger partial charge in [0.05, 0.1) is 0 Å². The molecule has 0 N–H and O–H groups in total. The fourth-order valence-electron chi connectivity index (χ4n) is 4.25. The standard InChI is InChI=1S/C19H29N3O2/c1-19(2,21-10-6-7-11-21)18(24)20(3)13-15-12-17(23)22(14-15)16-8-4-5-9-16/h6-7,10-11,15-16H,4-5,8-9,12-14H2,1-3H3/t15-/m0/s1. The Labute approximate surface area is 144 Å². The van der Waals surface area contributed by atoms with Crippen LogP contribution in [-0.4, -0.2) is 52.4 Å². The van der Waals surface area contributed by atoms with Crippen LogP contribution < -0.4 is 0 Å². The predicted octanol–water partition coefficient (Wildman–Crippen LogP) is 2.47. The molecule has 3 rings (SSSR count). The third-order valence-corrected chi connectivity index (χ3v) is 5.66. The van der Waals surface area contributed by atoms with E-state index in [0.29, 0.717) is 19.0 Å². The Hall–Kier alpha value is -1.78. The van der Waals surface area contributed by atoms with Gasteiger partial charge >= 0.3 is 0 Å². The summed E-state index contributed by atoms with van der Waals surface area (Å²) in [5.74, 6) is 0.621. The molecule has 1 saturated heterocycles. The van der Waals surface area contributed by atoms with Crippen molar-refractivity contribution < 1.29 is 9.59 Å². The summed E-state index contributed by atoms with van der Waals surface area (Å²) < 4.78 is 1.94. The second-order valence-electron chi connectivity index (χ2n) is 7.89. The van der Waals surface area contributed by atoms with Crippen molar-refractivity contribution in [1.82, 2.24) is 14.4 Å². The fraction of sp³-hybridized carbons (Fsp3) is 0.684. The van der Waals surface area contributed by atoms with Gasteiger partial charge in [0.2, 0.25) is 11.8 Å². The van der Waals surface area contributed by atoms with E-state index < -0.39 is 5.54 Å². The van der Waals surface area contributed by atoms with Crippen LogP contribution >= 0.6 is 0 Å². The van der Waals surface area contributed by atoms with Gasteiger partial charge in [-0.3, -0.25) is 9.59 Å². The van der Waals surface area contributed by atoms with Gasteiger partial charge in [0.25, 0.3) is 0 Å². The quantitative estimate of drug-likeness (QED) is 0.832. The Morgan fingerprint density at radius 1 is 1.25 bits per heavy atom. The predicted molar refractivity (Wildman–Crippen MR) is 93.5 cm³/mol. The lowest BCUT2D eigenvalue weighted by molar-refractivity contribution is -0.138. The van der Waals surface area contributed by atoms with E-state index >= 15 is 0 Å². The molecule has 1 aromatic rings. The van der Waals surface area contributed by atoms with Crippen LogP contribution in [0.3, 0.4) is 0 Å². The molecule has 24 heavy (non-hydrogen) atoms. The van der Waals surface area contributed by atoms with E-state index in [1.165, 1.54) is 12.8 Å². The first kappa shape index (κ1) is 17.1. The highest BCUT2D eigenvalue weighted by molar-refractivity contribution is 5.84. The van der Waals surface area contributed by atoms with E-state index in [0.717, 1.165) is 19.4 Å². The van der Waals surface area contributed by atoms with Gasteiger partial charge in [0.1, 0.15) is 5.54 Å². The molecule has 1 saturated carbocycles. The maximum Gasteiger partial charge on any atom is 0.247 e. The van der Waals surface area contributed by atoms with Crippen LogP contribution in [0, 0.1) is 5.92 Å². The molecule has 2 heterocycles. The highest BCUT2D eigenvalue weighted by atomic mass is 16.2. The summed E-state index contributed by atoms with van der Waals surface area (Å²) in [6.07, 6.45) is 9.20. The minimum atomic E-state index is -0.605. The molecule has 132 valence electrons. The normalized spacial score (nSPS) is 22.4. The second kappa shape index (κ2) is 6.61. The lowest BCUT2D eigenvalue weighted by Crippen LogP contribution is -2.46. The minimum absolute atomic E-state index is 0.0884. The summed E-state index contributed by atoms with van der Waals surface area (Å²) >= 11 is 0. The number of amides is 2. The summed E-state index contributed by atoms with van der Waals surface area (Å²) in [5.41, 5.74) is -0.605. The topological polar surface area (TPSA) is 45.6 Å². The third kappa shape index (κ3) is 3.21. The van der Waals surface area contributed by atoms with E-state index in [1.807, 2.05) is 50.0 Å². The van der Waals surface area contributed by atoms with Gasteiger partial charge in [-0.1, -0.05) is 12.8 Å². The van der Waals surface area contributed by atoms with Crippen LogP contribution in [0.4, 0.5) is 0 Å². The van der Waals surface area contributed by atoms with Gasteiger partial charge in [-0.2, -0.15) is 0 Å². The van der Waals surface area contributed by atoms with Gasteiger partial charge in [-0.15, -0.1) is 0 Å². The van der Waals surface area contributed by atoms with Crippen LogP contribution in [0.2, 0.25) is 0 Å². The molecule has 0 bridgehead atoms. The maximum absolute atomic E-state index is 12.9. The summed E-state index contributed by atoms with van der Waals surface area (Å²) in [7, 11) is 1.86.